The SMILES string of the molecule is C=C[C@@H]1C[C@]1(NC(=O)[C@@H]1C[C@@H](Oc2cc(C(=O)CBr)nc3cc(C)ccc23)CN1C(=O)OC(C)(C)C)C(C)=O.NC(=S)NC(=O)CC1CCCC1. The number of thiocarbonyl (C=S) groups is 1. The van der Waals surface area contributed by atoms with Crippen molar-refractivity contribution in [1.82, 2.24) is 20.5 Å². The normalized spacial score (nSPS) is 22.7. The highest BCUT2D eigenvalue weighted by Gasteiger charge is 2.58. The Hall–Kier alpha value is -3.91. The van der Waals surface area contributed by atoms with Gasteiger partial charge in [0.1, 0.15) is 34.7 Å². The first-order chi connectivity index (χ1) is 24.0. The monoisotopic (exact) mass is 785 g/mol. The Morgan fingerprint density at radius 1 is 1.18 bits per heavy atom. The van der Waals surface area contributed by atoms with Gasteiger partial charge < -0.3 is 25.8 Å². The summed E-state index contributed by atoms with van der Waals surface area (Å²) < 4.78 is 12.0. The van der Waals surface area contributed by atoms with Gasteiger partial charge >= 0.3 is 6.09 Å². The van der Waals surface area contributed by atoms with Crippen molar-refractivity contribution in [2.45, 2.75) is 103 Å². The van der Waals surface area contributed by atoms with E-state index in [0.717, 1.165) is 5.56 Å². The van der Waals surface area contributed by atoms with E-state index in [9.17, 15) is 24.0 Å². The Morgan fingerprint density at radius 3 is 2.43 bits per heavy atom. The summed E-state index contributed by atoms with van der Waals surface area (Å²) in [5.41, 5.74) is 5.24. The third kappa shape index (κ3) is 10.3. The fraction of sp³-hybridized carbons (Fsp3) is 0.541. The van der Waals surface area contributed by atoms with Crippen LogP contribution in [-0.4, -0.2) is 79.6 Å². The highest BCUT2D eigenvalue weighted by molar-refractivity contribution is 9.09. The fourth-order valence-corrected chi connectivity index (χ4v) is 7.03. The molecule has 12 nitrogen and oxygen atoms in total. The van der Waals surface area contributed by atoms with Crippen molar-refractivity contribution in [1.29, 1.82) is 0 Å². The molecule has 2 aliphatic carbocycles. The lowest BCUT2D eigenvalue weighted by molar-refractivity contribution is -0.130. The van der Waals surface area contributed by atoms with Gasteiger partial charge in [-0.3, -0.25) is 24.1 Å². The van der Waals surface area contributed by atoms with E-state index < -0.39 is 35.3 Å². The van der Waals surface area contributed by atoms with Gasteiger partial charge in [0.15, 0.2) is 16.7 Å². The van der Waals surface area contributed by atoms with Crippen LogP contribution in [0.4, 0.5) is 4.79 Å². The van der Waals surface area contributed by atoms with E-state index in [-0.39, 0.29) is 52.5 Å². The number of rotatable bonds is 10. The number of nitrogens with zero attached hydrogens (tertiary/aromatic N) is 2. The quantitative estimate of drug-likeness (QED) is 0.122. The molecular weight excluding hydrogens is 738 g/mol. The Labute approximate surface area is 312 Å². The van der Waals surface area contributed by atoms with Gasteiger partial charge in [0.2, 0.25) is 11.8 Å². The third-order valence-electron chi connectivity index (χ3n) is 9.31. The average molecular weight is 787 g/mol. The second kappa shape index (κ2) is 16.6. The van der Waals surface area contributed by atoms with Crippen LogP contribution in [0.15, 0.2) is 36.9 Å². The standard InChI is InChI=1S/C29H34BrN3O6.C8H14N2OS/c1-7-18-13-29(18,17(3)34)32-26(36)23-11-19(15-33(23)27(37)39-28(4,5)6)38-25-12-22(24(35)14-30)31-21-10-16(2)8-9-20(21)25;9-8(12)10-7(11)5-6-3-1-2-4-6/h7-10,12,18-19,23H,1,11,13-15H2,2-6H3,(H,32,36);6H,1-5H2,(H3,9,10,11,12)/t18-,19-,23+,29+;/m1./s1. The van der Waals surface area contributed by atoms with Crippen LogP contribution in [0.2, 0.25) is 0 Å². The molecule has 276 valence electrons. The van der Waals surface area contributed by atoms with Gasteiger partial charge in [-0.25, -0.2) is 9.78 Å². The second-order valence-corrected chi connectivity index (χ2v) is 15.5. The van der Waals surface area contributed by atoms with Gasteiger partial charge in [0.05, 0.1) is 17.4 Å². The third-order valence-corrected chi connectivity index (χ3v) is 9.92. The number of hydrogen-bond acceptors (Lipinski definition) is 9. The van der Waals surface area contributed by atoms with E-state index in [1.807, 2.05) is 25.1 Å². The number of ketones is 2. The van der Waals surface area contributed by atoms with E-state index in [2.05, 4.69) is 50.3 Å². The molecule has 0 unspecified atom stereocenters. The molecule has 0 radical (unpaired) electrons. The number of fused-ring (bicyclic) bond motifs is 1. The van der Waals surface area contributed by atoms with Crippen LogP contribution >= 0.6 is 28.1 Å². The van der Waals surface area contributed by atoms with Gasteiger partial charge in [-0.05, 0) is 89.7 Å². The number of hydrogen-bond donors (Lipinski definition) is 3. The molecule has 2 aromatic rings. The molecule has 1 aromatic carbocycles. The summed E-state index contributed by atoms with van der Waals surface area (Å²) in [6.45, 7) is 12.5. The lowest BCUT2D eigenvalue weighted by Gasteiger charge is -2.28. The van der Waals surface area contributed by atoms with Crippen molar-refractivity contribution < 1.29 is 33.4 Å². The average Bonchev–Trinajstić information content (AvgIpc) is 3.31. The lowest BCUT2D eigenvalue weighted by atomic mass is 10.0. The van der Waals surface area contributed by atoms with Crippen molar-refractivity contribution in [3.8, 4) is 5.75 Å². The van der Waals surface area contributed by atoms with Gasteiger partial charge in [-0.2, -0.15) is 0 Å². The number of ether oxygens (including phenoxy) is 2. The number of benzene rings is 1. The summed E-state index contributed by atoms with van der Waals surface area (Å²) in [5, 5.41) is 6.23. The Balaban J connectivity index is 0.000000411. The van der Waals surface area contributed by atoms with Crippen molar-refractivity contribution in [2.75, 3.05) is 11.9 Å². The number of amides is 3. The zero-order chi connectivity index (χ0) is 37.7. The zero-order valence-corrected chi connectivity index (χ0v) is 32.3. The van der Waals surface area contributed by atoms with Crippen molar-refractivity contribution in [2.24, 2.45) is 17.6 Å². The fourth-order valence-electron chi connectivity index (χ4n) is 6.63. The number of Topliss-reactive ketones (excluding diaryl/α,β-unsaturated/α-hetero) is 2. The van der Waals surface area contributed by atoms with Crippen LogP contribution in [0.5, 0.6) is 5.75 Å². The lowest BCUT2D eigenvalue weighted by Crippen LogP contribution is -2.53. The summed E-state index contributed by atoms with van der Waals surface area (Å²) in [6.07, 6.45) is 6.53. The minimum absolute atomic E-state index is 0.0330. The van der Waals surface area contributed by atoms with Crippen molar-refractivity contribution >= 4 is 73.6 Å². The minimum Gasteiger partial charge on any atom is -0.488 e. The summed E-state index contributed by atoms with van der Waals surface area (Å²) in [7, 11) is 0. The molecule has 2 heterocycles. The molecule has 4 atom stereocenters. The van der Waals surface area contributed by atoms with Crippen molar-refractivity contribution in [3.05, 3.63) is 48.2 Å². The first-order valence-electron chi connectivity index (χ1n) is 17.2. The largest absolute Gasteiger partial charge is 0.488 e. The molecule has 1 saturated heterocycles. The van der Waals surface area contributed by atoms with Gasteiger partial charge in [-0.1, -0.05) is 40.9 Å². The molecule has 3 aliphatic rings. The molecular formula is C37H48BrN5O7S. The number of carbonyl (C=O) groups excluding carboxylic acids is 5. The van der Waals surface area contributed by atoms with Gasteiger partial charge in [0, 0.05) is 30.2 Å². The van der Waals surface area contributed by atoms with Crippen LogP contribution in [-0.2, 0) is 19.1 Å². The Kier molecular flexibility index (Phi) is 13.0. The van der Waals surface area contributed by atoms with E-state index in [4.69, 9.17) is 15.2 Å². The van der Waals surface area contributed by atoms with Crippen LogP contribution in [0.3, 0.4) is 0 Å². The maximum Gasteiger partial charge on any atom is 0.411 e. The van der Waals surface area contributed by atoms with E-state index in [1.165, 1.54) is 37.5 Å². The maximum atomic E-state index is 13.5. The number of aromatic nitrogens is 1. The molecule has 0 bridgehead atoms. The molecule has 1 aliphatic heterocycles. The highest BCUT2D eigenvalue weighted by Crippen LogP contribution is 2.45. The molecule has 14 heteroatoms. The molecule has 0 spiro atoms. The Morgan fingerprint density at radius 2 is 1.86 bits per heavy atom. The first-order valence-corrected chi connectivity index (χ1v) is 18.7. The minimum atomic E-state index is -0.999. The summed E-state index contributed by atoms with van der Waals surface area (Å²) in [4.78, 5) is 68.5. The summed E-state index contributed by atoms with van der Waals surface area (Å²) >= 11 is 7.76. The maximum absolute atomic E-state index is 13.5. The molecule has 5 rings (SSSR count). The van der Waals surface area contributed by atoms with Crippen LogP contribution in [0.1, 0.15) is 88.7 Å². The van der Waals surface area contributed by atoms with Gasteiger partial charge in [-0.15, -0.1) is 6.58 Å². The van der Waals surface area contributed by atoms with E-state index in [1.54, 1.807) is 32.9 Å². The molecule has 51 heavy (non-hydrogen) atoms. The zero-order valence-electron chi connectivity index (χ0n) is 29.9. The number of likely N-dealkylation sites (tertiary alicyclic amines) is 1. The number of alkyl halides is 1. The first kappa shape index (κ1) is 39.9. The number of nitrogens with one attached hydrogen (secondary N) is 2. The van der Waals surface area contributed by atoms with Crippen molar-refractivity contribution in [3.63, 3.8) is 0 Å². The molecule has 3 amide bonds. The van der Waals surface area contributed by atoms with E-state index >= 15 is 0 Å². The summed E-state index contributed by atoms with van der Waals surface area (Å²) in [5.74, 6) is 0.00889. The number of halogens is 1. The topological polar surface area (TPSA) is 170 Å². The summed E-state index contributed by atoms with van der Waals surface area (Å²) in [6, 6.07) is 6.35. The number of aryl methyl sites for hydroxylation is 1. The smallest absolute Gasteiger partial charge is 0.411 e. The molecule has 3 fully saturated rings. The Bertz CT molecular complexity index is 1710. The van der Waals surface area contributed by atoms with E-state index in [0.29, 0.717) is 35.4 Å². The van der Waals surface area contributed by atoms with Gasteiger partial charge in [0.25, 0.3) is 0 Å². The predicted octanol–water partition coefficient (Wildman–Crippen LogP) is 5.45. The van der Waals surface area contributed by atoms with Crippen LogP contribution < -0.4 is 21.1 Å². The highest BCUT2D eigenvalue weighted by atomic mass is 79.9. The molecule has 1 aromatic heterocycles. The molecule has 2 saturated carbocycles. The van der Waals surface area contributed by atoms with Crippen LogP contribution in [0, 0.1) is 18.8 Å². The second-order valence-electron chi connectivity index (χ2n) is 14.5. The van der Waals surface area contributed by atoms with Crippen LogP contribution in [0.25, 0.3) is 10.9 Å². The number of carbonyl (C=O) groups is 5. The number of nitrogens with two attached hydrogens (primary N) is 1. The predicted molar refractivity (Wildman–Crippen MR) is 202 cm³/mol. The molecule has 4 N–H and O–H groups in total. The number of pyridine rings is 1.